The van der Waals surface area contributed by atoms with Gasteiger partial charge in [0.1, 0.15) is 0 Å². The van der Waals surface area contributed by atoms with Gasteiger partial charge in [0.05, 0.1) is 19.3 Å². The van der Waals surface area contributed by atoms with Crippen molar-refractivity contribution in [3.8, 4) is 0 Å². The number of carbonyl (C=O) groups excluding carboxylic acids is 1. The summed E-state index contributed by atoms with van der Waals surface area (Å²) >= 11 is 1.77. The van der Waals surface area contributed by atoms with E-state index < -0.39 is 6.10 Å². The van der Waals surface area contributed by atoms with E-state index in [-0.39, 0.29) is 19.1 Å². The molecule has 106 valence electrons. The van der Waals surface area contributed by atoms with E-state index >= 15 is 0 Å². The quantitative estimate of drug-likeness (QED) is 0.785. The van der Waals surface area contributed by atoms with Crippen LogP contribution < -0.4 is 5.32 Å². The van der Waals surface area contributed by atoms with Crippen LogP contribution in [0.2, 0.25) is 0 Å². The zero-order valence-corrected chi connectivity index (χ0v) is 11.9. The molecule has 2 N–H and O–H groups in total. The van der Waals surface area contributed by atoms with Gasteiger partial charge < -0.3 is 20.1 Å². The Morgan fingerprint density at radius 3 is 3.32 bits per heavy atom. The van der Waals surface area contributed by atoms with Crippen LogP contribution in [0.3, 0.4) is 0 Å². The first-order valence-corrected chi connectivity index (χ1v) is 7.29. The van der Waals surface area contributed by atoms with Crippen LogP contribution in [0.5, 0.6) is 0 Å². The third kappa shape index (κ3) is 4.01. The van der Waals surface area contributed by atoms with E-state index in [2.05, 4.69) is 16.8 Å². The minimum Gasteiger partial charge on any atom is -0.389 e. The highest BCUT2D eigenvalue weighted by Crippen LogP contribution is 2.23. The molecule has 1 amide bonds. The molecule has 0 aliphatic carbocycles. The van der Waals surface area contributed by atoms with E-state index in [1.807, 2.05) is 4.90 Å². The Bertz CT molecular complexity index is 422. The molecule has 0 radical (unpaired) electrons. The van der Waals surface area contributed by atoms with Crippen molar-refractivity contribution in [3.63, 3.8) is 0 Å². The molecule has 0 aromatic carbocycles. The fourth-order valence-corrected chi connectivity index (χ4v) is 3.06. The SMILES string of the molecule is COCC(O)CNCC(=O)N1CCc2sccc2C1. The average molecular weight is 284 g/mol. The predicted octanol–water partition coefficient (Wildman–Crippen LogP) is 0.230. The van der Waals surface area contributed by atoms with Gasteiger partial charge in [0.15, 0.2) is 0 Å². The number of carbonyl (C=O) groups is 1. The van der Waals surface area contributed by atoms with Crippen LogP contribution in [0.25, 0.3) is 0 Å². The van der Waals surface area contributed by atoms with Crippen LogP contribution in [-0.2, 0) is 22.5 Å². The standard InChI is InChI=1S/C13H20N2O3S/c1-18-9-11(16)6-14-7-13(17)15-4-2-12-10(8-15)3-5-19-12/h3,5,11,14,16H,2,4,6-9H2,1H3. The van der Waals surface area contributed by atoms with Gasteiger partial charge in [-0.2, -0.15) is 0 Å². The number of aliphatic hydroxyl groups excluding tert-OH is 1. The monoisotopic (exact) mass is 284 g/mol. The van der Waals surface area contributed by atoms with E-state index in [1.54, 1.807) is 18.4 Å². The lowest BCUT2D eigenvalue weighted by Crippen LogP contribution is -2.42. The highest BCUT2D eigenvalue weighted by Gasteiger charge is 2.21. The van der Waals surface area contributed by atoms with Crippen molar-refractivity contribution < 1.29 is 14.6 Å². The maximum absolute atomic E-state index is 12.0. The van der Waals surface area contributed by atoms with Gasteiger partial charge in [-0.05, 0) is 23.4 Å². The fourth-order valence-electron chi connectivity index (χ4n) is 2.17. The zero-order valence-electron chi connectivity index (χ0n) is 11.1. The number of thiophene rings is 1. The molecule has 0 spiro atoms. The maximum Gasteiger partial charge on any atom is 0.236 e. The molecule has 1 aromatic rings. The zero-order chi connectivity index (χ0) is 13.7. The van der Waals surface area contributed by atoms with Crippen LogP contribution in [0.4, 0.5) is 0 Å². The minimum atomic E-state index is -0.567. The number of rotatable bonds is 6. The van der Waals surface area contributed by atoms with E-state index in [4.69, 9.17) is 4.74 Å². The Morgan fingerprint density at radius 2 is 2.53 bits per heavy atom. The van der Waals surface area contributed by atoms with Crippen molar-refractivity contribution in [1.29, 1.82) is 0 Å². The summed E-state index contributed by atoms with van der Waals surface area (Å²) in [5.74, 6) is 0.0847. The lowest BCUT2D eigenvalue weighted by Gasteiger charge is -2.27. The molecule has 0 saturated heterocycles. The number of hydrogen-bond acceptors (Lipinski definition) is 5. The number of nitrogens with zero attached hydrogens (tertiary/aromatic N) is 1. The second-order valence-electron chi connectivity index (χ2n) is 4.67. The number of fused-ring (bicyclic) bond motifs is 1. The molecule has 0 saturated carbocycles. The van der Waals surface area contributed by atoms with Crippen molar-refractivity contribution in [1.82, 2.24) is 10.2 Å². The van der Waals surface area contributed by atoms with Gasteiger partial charge in [0.2, 0.25) is 5.91 Å². The van der Waals surface area contributed by atoms with Crippen LogP contribution in [-0.4, -0.2) is 55.4 Å². The minimum absolute atomic E-state index is 0.0847. The highest BCUT2D eigenvalue weighted by atomic mass is 32.1. The molecule has 1 aliphatic heterocycles. The van der Waals surface area contributed by atoms with Crippen molar-refractivity contribution in [3.05, 3.63) is 21.9 Å². The summed E-state index contributed by atoms with van der Waals surface area (Å²) in [7, 11) is 1.54. The topological polar surface area (TPSA) is 61.8 Å². The van der Waals surface area contributed by atoms with Gasteiger partial charge in [0.25, 0.3) is 0 Å². The molecule has 0 bridgehead atoms. The lowest BCUT2D eigenvalue weighted by atomic mass is 10.1. The normalized spacial score (nSPS) is 16.2. The predicted molar refractivity (Wildman–Crippen MR) is 74.2 cm³/mol. The van der Waals surface area contributed by atoms with Crippen molar-refractivity contribution in [2.75, 3.05) is 33.4 Å². The Kier molecular flexibility index (Phi) is 5.33. The van der Waals surface area contributed by atoms with Crippen LogP contribution >= 0.6 is 11.3 Å². The fraction of sp³-hybridized carbons (Fsp3) is 0.615. The summed E-state index contributed by atoms with van der Waals surface area (Å²) < 4.78 is 4.82. The van der Waals surface area contributed by atoms with Gasteiger partial charge in [-0.3, -0.25) is 4.79 Å². The van der Waals surface area contributed by atoms with E-state index in [1.165, 1.54) is 10.4 Å². The smallest absolute Gasteiger partial charge is 0.236 e. The Labute approximate surface area is 117 Å². The largest absolute Gasteiger partial charge is 0.389 e. The molecule has 5 nitrogen and oxygen atoms in total. The molecule has 2 heterocycles. The van der Waals surface area contributed by atoms with Crippen molar-refractivity contribution in [2.45, 2.75) is 19.1 Å². The van der Waals surface area contributed by atoms with E-state index in [0.29, 0.717) is 13.1 Å². The first-order valence-electron chi connectivity index (χ1n) is 6.41. The molecule has 19 heavy (non-hydrogen) atoms. The molecule has 1 unspecified atom stereocenters. The molecular weight excluding hydrogens is 264 g/mol. The number of amides is 1. The first-order chi connectivity index (χ1) is 9.20. The summed E-state index contributed by atoms with van der Waals surface area (Å²) in [4.78, 5) is 15.3. The molecule has 0 fully saturated rings. The summed E-state index contributed by atoms with van der Waals surface area (Å²) in [5, 5.41) is 14.5. The molecule has 2 rings (SSSR count). The Morgan fingerprint density at radius 1 is 1.68 bits per heavy atom. The second-order valence-corrected chi connectivity index (χ2v) is 5.68. The van der Waals surface area contributed by atoms with Crippen molar-refractivity contribution >= 4 is 17.2 Å². The van der Waals surface area contributed by atoms with Crippen LogP contribution in [0.1, 0.15) is 10.4 Å². The molecule has 6 heteroatoms. The maximum atomic E-state index is 12.0. The van der Waals surface area contributed by atoms with Crippen molar-refractivity contribution in [2.24, 2.45) is 0 Å². The number of methoxy groups -OCH3 is 1. The molecule has 1 aromatic heterocycles. The van der Waals surface area contributed by atoms with Crippen LogP contribution in [0.15, 0.2) is 11.4 Å². The van der Waals surface area contributed by atoms with Gasteiger partial charge >= 0.3 is 0 Å². The Balaban J connectivity index is 1.73. The molecular formula is C13H20N2O3S. The van der Waals surface area contributed by atoms with E-state index in [0.717, 1.165) is 13.0 Å². The summed E-state index contributed by atoms with van der Waals surface area (Å²) in [5.41, 5.74) is 1.27. The third-order valence-electron chi connectivity index (χ3n) is 3.18. The highest BCUT2D eigenvalue weighted by molar-refractivity contribution is 7.10. The first kappa shape index (κ1) is 14.5. The summed E-state index contributed by atoms with van der Waals surface area (Å²) in [6, 6.07) is 2.09. The summed E-state index contributed by atoms with van der Waals surface area (Å²) in [6.45, 7) is 2.41. The number of aliphatic hydroxyl groups is 1. The number of ether oxygens (including phenoxy) is 1. The third-order valence-corrected chi connectivity index (χ3v) is 4.20. The van der Waals surface area contributed by atoms with Gasteiger partial charge in [-0.15, -0.1) is 11.3 Å². The average Bonchev–Trinajstić information content (AvgIpc) is 2.86. The van der Waals surface area contributed by atoms with Crippen LogP contribution in [0, 0.1) is 0 Å². The lowest BCUT2D eigenvalue weighted by molar-refractivity contribution is -0.131. The molecule has 1 atom stereocenters. The van der Waals surface area contributed by atoms with E-state index in [9.17, 15) is 9.90 Å². The summed E-state index contributed by atoms with van der Waals surface area (Å²) in [6.07, 6.45) is 0.382. The number of nitrogens with one attached hydrogen (secondary N) is 1. The van der Waals surface area contributed by atoms with Gasteiger partial charge in [0, 0.05) is 31.6 Å². The van der Waals surface area contributed by atoms with Gasteiger partial charge in [-0.25, -0.2) is 0 Å². The van der Waals surface area contributed by atoms with Gasteiger partial charge in [-0.1, -0.05) is 0 Å². The second kappa shape index (κ2) is 7.00. The number of hydrogen-bond donors (Lipinski definition) is 2. The molecule has 1 aliphatic rings. The Hall–Kier alpha value is -0.950.